The normalized spacial score (nSPS) is 15.0. The van der Waals surface area contributed by atoms with E-state index in [0.717, 1.165) is 28.0 Å². The van der Waals surface area contributed by atoms with Gasteiger partial charge in [0.1, 0.15) is 5.82 Å². The SMILES string of the molecule is CC(O)(c1ccnc(-c2cccc3cc([C@H](N)c4nc(N)ccc4Cl)sc23)c1)C(F)(F)F. The molecule has 0 aliphatic carbocycles. The van der Waals surface area contributed by atoms with Crippen molar-refractivity contribution in [3.05, 3.63) is 75.9 Å². The third-order valence-corrected chi connectivity index (χ3v) is 6.80. The highest BCUT2D eigenvalue weighted by Gasteiger charge is 2.51. The minimum absolute atomic E-state index is 0.291. The van der Waals surface area contributed by atoms with Crippen LogP contribution in [0.4, 0.5) is 19.0 Å². The molecule has 1 aromatic carbocycles. The first-order valence-corrected chi connectivity index (χ1v) is 10.6. The van der Waals surface area contributed by atoms with Crippen LogP contribution in [0.25, 0.3) is 21.3 Å². The smallest absolute Gasteiger partial charge is 0.384 e. The number of hydrogen-bond acceptors (Lipinski definition) is 6. The number of thiophene rings is 1. The van der Waals surface area contributed by atoms with Crippen LogP contribution in [0, 0.1) is 0 Å². The van der Waals surface area contributed by atoms with Crippen molar-refractivity contribution in [2.75, 3.05) is 5.73 Å². The lowest BCUT2D eigenvalue weighted by molar-refractivity contribution is -0.258. The van der Waals surface area contributed by atoms with Crippen molar-refractivity contribution in [3.8, 4) is 11.3 Å². The van der Waals surface area contributed by atoms with E-state index in [-0.39, 0.29) is 5.56 Å². The Hall–Kier alpha value is -2.72. The molecule has 166 valence electrons. The van der Waals surface area contributed by atoms with E-state index in [4.69, 9.17) is 23.1 Å². The maximum atomic E-state index is 13.3. The van der Waals surface area contributed by atoms with Gasteiger partial charge in [-0.15, -0.1) is 11.3 Å². The molecule has 0 aliphatic rings. The molecule has 0 aliphatic heterocycles. The van der Waals surface area contributed by atoms with Crippen LogP contribution in [0.5, 0.6) is 0 Å². The molecule has 0 saturated heterocycles. The summed E-state index contributed by atoms with van der Waals surface area (Å²) in [5.41, 5.74) is 10.2. The highest BCUT2D eigenvalue weighted by Crippen LogP contribution is 2.41. The van der Waals surface area contributed by atoms with Crippen molar-refractivity contribution >= 4 is 38.8 Å². The van der Waals surface area contributed by atoms with Crippen LogP contribution < -0.4 is 11.5 Å². The summed E-state index contributed by atoms with van der Waals surface area (Å²) in [6.45, 7) is 0.720. The predicted molar refractivity (Wildman–Crippen MR) is 120 cm³/mol. The fraction of sp³-hybridized carbons (Fsp3) is 0.182. The summed E-state index contributed by atoms with van der Waals surface area (Å²) < 4.78 is 40.7. The van der Waals surface area contributed by atoms with Gasteiger partial charge in [-0.3, -0.25) is 4.98 Å². The van der Waals surface area contributed by atoms with Crippen LogP contribution in [-0.4, -0.2) is 21.3 Å². The number of hydrogen-bond donors (Lipinski definition) is 3. The maximum Gasteiger partial charge on any atom is 0.421 e. The largest absolute Gasteiger partial charge is 0.421 e. The first-order chi connectivity index (χ1) is 15.0. The maximum absolute atomic E-state index is 13.3. The zero-order valence-electron chi connectivity index (χ0n) is 16.7. The summed E-state index contributed by atoms with van der Waals surface area (Å²) in [6.07, 6.45) is -3.58. The van der Waals surface area contributed by atoms with Crippen LogP contribution in [0.3, 0.4) is 0 Å². The number of aliphatic hydroxyl groups is 1. The number of nitrogens with zero attached hydrogens (tertiary/aromatic N) is 2. The van der Waals surface area contributed by atoms with Gasteiger partial charge in [0.25, 0.3) is 0 Å². The molecule has 0 amide bonds. The van der Waals surface area contributed by atoms with Crippen LogP contribution in [0.15, 0.2) is 54.7 Å². The number of anilines is 1. The molecule has 0 bridgehead atoms. The zero-order valence-corrected chi connectivity index (χ0v) is 18.3. The summed E-state index contributed by atoms with van der Waals surface area (Å²) in [7, 11) is 0. The van der Waals surface area contributed by atoms with Crippen LogP contribution >= 0.6 is 22.9 Å². The molecule has 0 spiro atoms. The van der Waals surface area contributed by atoms with Gasteiger partial charge in [0.15, 0.2) is 5.60 Å². The predicted octanol–water partition coefficient (Wildman–Crippen LogP) is 5.41. The minimum atomic E-state index is -4.83. The van der Waals surface area contributed by atoms with E-state index in [0.29, 0.717) is 27.8 Å². The van der Waals surface area contributed by atoms with Crippen LogP contribution in [0.2, 0.25) is 5.02 Å². The first kappa shape index (κ1) is 22.5. The molecule has 4 rings (SSSR count). The Morgan fingerprint density at radius 2 is 1.88 bits per heavy atom. The summed E-state index contributed by atoms with van der Waals surface area (Å²) in [4.78, 5) is 9.24. The molecular weight excluding hydrogens is 461 g/mol. The molecular formula is C22H18ClF3N4OS. The lowest BCUT2D eigenvalue weighted by Gasteiger charge is -2.26. The van der Waals surface area contributed by atoms with E-state index in [9.17, 15) is 18.3 Å². The fourth-order valence-electron chi connectivity index (χ4n) is 3.31. The van der Waals surface area contributed by atoms with Gasteiger partial charge < -0.3 is 16.6 Å². The molecule has 5 N–H and O–H groups in total. The minimum Gasteiger partial charge on any atom is -0.384 e. The van der Waals surface area contributed by atoms with Gasteiger partial charge in [-0.25, -0.2) is 4.98 Å². The average Bonchev–Trinajstić information content (AvgIpc) is 3.18. The van der Waals surface area contributed by atoms with Gasteiger partial charge in [-0.1, -0.05) is 29.8 Å². The topological polar surface area (TPSA) is 98.0 Å². The van der Waals surface area contributed by atoms with Gasteiger partial charge in [0.05, 0.1) is 22.5 Å². The lowest BCUT2D eigenvalue weighted by Crippen LogP contribution is -2.39. The monoisotopic (exact) mass is 478 g/mol. The number of rotatable bonds is 4. The Labute approximate surface area is 190 Å². The summed E-state index contributed by atoms with van der Waals surface area (Å²) in [5.74, 6) is 0.291. The molecule has 0 radical (unpaired) electrons. The van der Waals surface area contributed by atoms with Gasteiger partial charge in [0.2, 0.25) is 0 Å². The number of alkyl halides is 3. The third kappa shape index (κ3) is 3.93. The molecule has 0 saturated carbocycles. The fourth-order valence-corrected chi connectivity index (χ4v) is 4.72. The van der Waals surface area contributed by atoms with Crippen LogP contribution in [0.1, 0.15) is 29.1 Å². The Kier molecular flexibility index (Phi) is 5.62. The van der Waals surface area contributed by atoms with Gasteiger partial charge >= 0.3 is 6.18 Å². The Balaban J connectivity index is 1.80. The van der Waals surface area contributed by atoms with Gasteiger partial charge in [-0.2, -0.15) is 13.2 Å². The highest BCUT2D eigenvalue weighted by atomic mass is 35.5. The number of aromatic nitrogens is 2. The summed E-state index contributed by atoms with van der Waals surface area (Å²) in [6, 6.07) is 12.3. The van der Waals surface area contributed by atoms with Crippen LogP contribution in [-0.2, 0) is 5.60 Å². The van der Waals surface area contributed by atoms with E-state index in [1.807, 2.05) is 12.1 Å². The van der Waals surface area contributed by atoms with E-state index in [2.05, 4.69) is 9.97 Å². The Morgan fingerprint density at radius 1 is 1.12 bits per heavy atom. The van der Waals surface area contributed by atoms with Crippen molar-refractivity contribution in [1.29, 1.82) is 0 Å². The van der Waals surface area contributed by atoms with E-state index in [1.165, 1.54) is 23.6 Å². The molecule has 10 heteroatoms. The first-order valence-electron chi connectivity index (χ1n) is 9.45. The van der Waals surface area contributed by atoms with Crippen molar-refractivity contribution in [3.63, 3.8) is 0 Å². The second-order valence-electron chi connectivity index (χ2n) is 7.45. The number of nitrogen functional groups attached to an aromatic ring is 1. The second-order valence-corrected chi connectivity index (χ2v) is 8.94. The van der Waals surface area contributed by atoms with E-state index < -0.39 is 17.8 Å². The molecule has 5 nitrogen and oxygen atoms in total. The molecule has 0 fully saturated rings. The quantitative estimate of drug-likeness (QED) is 0.364. The zero-order chi connectivity index (χ0) is 23.3. The summed E-state index contributed by atoms with van der Waals surface area (Å²) in [5, 5.41) is 11.3. The number of benzene rings is 1. The standard InChI is InChI=1S/C22H18ClF3N4OS/c1-21(31,22(24,25)26)12-7-8-29-15(10-12)13-4-2-3-11-9-16(32-20(11)13)18(28)19-14(23)5-6-17(27)30-19/h2-10,18,31H,28H2,1H3,(H2,27,30)/t18-,21?/m0/s1. The number of halogens is 4. The highest BCUT2D eigenvalue weighted by molar-refractivity contribution is 7.19. The molecule has 4 aromatic rings. The molecule has 32 heavy (non-hydrogen) atoms. The number of pyridine rings is 2. The van der Waals surface area contributed by atoms with Crippen molar-refractivity contribution in [2.24, 2.45) is 5.73 Å². The number of nitrogens with two attached hydrogens (primary N) is 2. The molecule has 1 unspecified atom stereocenters. The van der Waals surface area contributed by atoms with Gasteiger partial charge in [0, 0.05) is 21.3 Å². The van der Waals surface area contributed by atoms with E-state index >= 15 is 0 Å². The van der Waals surface area contributed by atoms with E-state index in [1.54, 1.807) is 24.3 Å². The van der Waals surface area contributed by atoms with Crippen molar-refractivity contribution in [2.45, 2.75) is 24.7 Å². The number of fused-ring (bicyclic) bond motifs is 1. The summed E-state index contributed by atoms with van der Waals surface area (Å²) >= 11 is 7.61. The van der Waals surface area contributed by atoms with Crippen molar-refractivity contribution < 1.29 is 18.3 Å². The Morgan fingerprint density at radius 3 is 2.59 bits per heavy atom. The second kappa shape index (κ2) is 8.00. The van der Waals surface area contributed by atoms with Gasteiger partial charge in [-0.05, 0) is 48.2 Å². The molecule has 3 heterocycles. The lowest BCUT2D eigenvalue weighted by atomic mass is 9.94. The third-order valence-electron chi connectivity index (χ3n) is 5.21. The Bertz CT molecular complexity index is 1310. The molecule has 3 aromatic heterocycles. The average molecular weight is 479 g/mol. The molecule has 2 atom stereocenters. The van der Waals surface area contributed by atoms with Crippen molar-refractivity contribution in [1.82, 2.24) is 9.97 Å².